The van der Waals surface area contributed by atoms with Crippen molar-refractivity contribution in [1.29, 1.82) is 0 Å². The van der Waals surface area contributed by atoms with Crippen molar-refractivity contribution in [3.63, 3.8) is 0 Å². The number of alkyl halides is 3. The molecule has 1 heterocycles. The van der Waals surface area contributed by atoms with Gasteiger partial charge in [-0.2, -0.15) is 13.2 Å². The smallest absolute Gasteiger partial charge is 0.376 e. The Bertz CT molecular complexity index is 646. The summed E-state index contributed by atoms with van der Waals surface area (Å²) >= 11 is 0. The topological polar surface area (TPSA) is 60.0 Å². The molecule has 2 rings (SSSR count). The SMILES string of the molecule is Cc1cc2c(NCC(N)=O)cccc2n1CC(F)(F)F. The molecule has 0 saturated carbocycles. The largest absolute Gasteiger partial charge is 0.406 e. The van der Waals surface area contributed by atoms with Crippen LogP contribution < -0.4 is 11.1 Å². The van der Waals surface area contributed by atoms with E-state index in [1.807, 2.05) is 0 Å². The molecule has 3 N–H and O–H groups in total. The maximum Gasteiger partial charge on any atom is 0.406 e. The summed E-state index contributed by atoms with van der Waals surface area (Å²) in [5.74, 6) is -0.534. The van der Waals surface area contributed by atoms with Crippen LogP contribution in [0, 0.1) is 6.92 Å². The maximum absolute atomic E-state index is 12.6. The molecule has 1 amide bonds. The highest BCUT2D eigenvalue weighted by atomic mass is 19.4. The Labute approximate surface area is 113 Å². The first-order valence-corrected chi connectivity index (χ1v) is 5.96. The lowest BCUT2D eigenvalue weighted by Crippen LogP contribution is -2.21. The van der Waals surface area contributed by atoms with Crippen molar-refractivity contribution in [2.24, 2.45) is 5.73 Å². The van der Waals surface area contributed by atoms with Crippen molar-refractivity contribution in [1.82, 2.24) is 4.57 Å². The Morgan fingerprint density at radius 3 is 2.70 bits per heavy atom. The highest BCUT2D eigenvalue weighted by Crippen LogP contribution is 2.29. The third kappa shape index (κ3) is 3.04. The van der Waals surface area contributed by atoms with Gasteiger partial charge in [-0.15, -0.1) is 0 Å². The van der Waals surface area contributed by atoms with E-state index in [9.17, 15) is 18.0 Å². The third-order valence-corrected chi connectivity index (χ3v) is 2.94. The van der Waals surface area contributed by atoms with Crippen LogP contribution in [-0.4, -0.2) is 23.2 Å². The number of carbonyl (C=O) groups is 1. The molecule has 0 spiro atoms. The summed E-state index contributed by atoms with van der Waals surface area (Å²) in [6.45, 7) is 0.508. The predicted molar refractivity (Wildman–Crippen MR) is 70.4 cm³/mol. The maximum atomic E-state index is 12.6. The molecule has 20 heavy (non-hydrogen) atoms. The molecule has 0 aliphatic rings. The molecule has 0 unspecified atom stereocenters. The van der Waals surface area contributed by atoms with Gasteiger partial charge in [-0.3, -0.25) is 4.79 Å². The first-order valence-electron chi connectivity index (χ1n) is 5.96. The van der Waals surface area contributed by atoms with E-state index in [0.717, 1.165) is 0 Å². The Balaban J connectivity index is 2.44. The van der Waals surface area contributed by atoms with Crippen LogP contribution in [0.1, 0.15) is 5.69 Å². The number of fused-ring (bicyclic) bond motifs is 1. The number of benzene rings is 1. The fourth-order valence-electron chi connectivity index (χ4n) is 2.14. The van der Waals surface area contributed by atoms with Crippen LogP contribution in [0.4, 0.5) is 18.9 Å². The zero-order valence-corrected chi connectivity index (χ0v) is 10.8. The van der Waals surface area contributed by atoms with E-state index < -0.39 is 18.6 Å². The number of amides is 1. The Hall–Kier alpha value is -2.18. The molecule has 7 heteroatoms. The summed E-state index contributed by atoms with van der Waals surface area (Å²) in [5, 5.41) is 3.46. The molecule has 0 bridgehead atoms. The van der Waals surface area contributed by atoms with Gasteiger partial charge in [-0.25, -0.2) is 0 Å². The van der Waals surface area contributed by atoms with E-state index in [-0.39, 0.29) is 6.54 Å². The van der Waals surface area contributed by atoms with E-state index in [0.29, 0.717) is 22.3 Å². The Morgan fingerprint density at radius 1 is 1.40 bits per heavy atom. The molecule has 0 atom stereocenters. The van der Waals surface area contributed by atoms with Crippen LogP contribution in [0.5, 0.6) is 0 Å². The summed E-state index contributed by atoms with van der Waals surface area (Å²) in [7, 11) is 0. The number of hydrogen-bond acceptors (Lipinski definition) is 2. The third-order valence-electron chi connectivity index (χ3n) is 2.94. The van der Waals surface area contributed by atoms with Crippen LogP contribution in [0.3, 0.4) is 0 Å². The first-order chi connectivity index (χ1) is 9.28. The van der Waals surface area contributed by atoms with Gasteiger partial charge in [-0.05, 0) is 25.1 Å². The van der Waals surface area contributed by atoms with E-state index >= 15 is 0 Å². The van der Waals surface area contributed by atoms with Gasteiger partial charge in [0.1, 0.15) is 6.54 Å². The lowest BCUT2D eigenvalue weighted by molar-refractivity contribution is -0.140. The summed E-state index contributed by atoms with van der Waals surface area (Å²) in [5.41, 5.74) is 6.61. The minimum absolute atomic E-state index is 0.0669. The number of anilines is 1. The molecule has 0 aliphatic heterocycles. The second-order valence-corrected chi connectivity index (χ2v) is 4.55. The number of aromatic nitrogens is 1. The van der Waals surface area contributed by atoms with Crippen molar-refractivity contribution in [2.75, 3.05) is 11.9 Å². The van der Waals surface area contributed by atoms with Gasteiger partial charge in [0.2, 0.25) is 5.91 Å². The van der Waals surface area contributed by atoms with E-state index in [1.54, 1.807) is 31.2 Å². The number of nitrogens with one attached hydrogen (secondary N) is 1. The fraction of sp³-hybridized carbons (Fsp3) is 0.308. The average Bonchev–Trinajstić information content (AvgIpc) is 2.62. The zero-order chi connectivity index (χ0) is 14.9. The Morgan fingerprint density at radius 2 is 2.10 bits per heavy atom. The average molecular weight is 285 g/mol. The van der Waals surface area contributed by atoms with Gasteiger partial charge in [-0.1, -0.05) is 6.07 Å². The van der Waals surface area contributed by atoms with Gasteiger partial charge >= 0.3 is 6.18 Å². The number of carbonyl (C=O) groups excluding carboxylic acids is 1. The van der Waals surface area contributed by atoms with Crippen molar-refractivity contribution in [2.45, 2.75) is 19.6 Å². The molecule has 0 radical (unpaired) electrons. The molecular formula is C13H14F3N3O. The quantitative estimate of drug-likeness (QED) is 0.906. The second kappa shape index (κ2) is 5.07. The Kier molecular flexibility index (Phi) is 3.61. The highest BCUT2D eigenvalue weighted by molar-refractivity contribution is 5.94. The predicted octanol–water partition coefficient (Wildman–Crippen LogP) is 2.41. The lowest BCUT2D eigenvalue weighted by Gasteiger charge is -2.12. The number of aryl methyl sites for hydroxylation is 1. The lowest BCUT2D eigenvalue weighted by atomic mass is 10.2. The van der Waals surface area contributed by atoms with E-state index in [1.165, 1.54) is 4.57 Å². The standard InChI is InChI=1S/C13H14F3N3O/c1-8-5-9-10(18-6-12(17)20)3-2-4-11(9)19(8)7-13(14,15)16/h2-5,18H,6-7H2,1H3,(H2,17,20). The second-order valence-electron chi connectivity index (χ2n) is 4.55. The van der Waals surface area contributed by atoms with Gasteiger partial charge in [0, 0.05) is 16.8 Å². The van der Waals surface area contributed by atoms with Gasteiger partial charge < -0.3 is 15.6 Å². The molecule has 4 nitrogen and oxygen atoms in total. The van der Waals surface area contributed by atoms with Gasteiger partial charge in [0.25, 0.3) is 0 Å². The van der Waals surface area contributed by atoms with Crippen LogP contribution in [0.15, 0.2) is 24.3 Å². The molecule has 108 valence electrons. The molecule has 0 fully saturated rings. The molecule has 0 saturated heterocycles. The zero-order valence-electron chi connectivity index (χ0n) is 10.8. The van der Waals surface area contributed by atoms with Crippen molar-refractivity contribution >= 4 is 22.5 Å². The fourth-order valence-corrected chi connectivity index (χ4v) is 2.14. The summed E-state index contributed by atoms with van der Waals surface area (Å²) in [4.78, 5) is 10.8. The normalized spacial score (nSPS) is 11.8. The number of primary amides is 1. The highest BCUT2D eigenvalue weighted by Gasteiger charge is 2.29. The monoisotopic (exact) mass is 285 g/mol. The molecule has 0 aliphatic carbocycles. The minimum Gasteiger partial charge on any atom is -0.376 e. The van der Waals surface area contributed by atoms with Crippen molar-refractivity contribution in [3.05, 3.63) is 30.0 Å². The number of nitrogens with zero attached hydrogens (tertiary/aromatic N) is 1. The van der Waals surface area contributed by atoms with Gasteiger partial charge in [0.05, 0.1) is 12.1 Å². The summed E-state index contributed by atoms with van der Waals surface area (Å²) in [6.07, 6.45) is -4.28. The van der Waals surface area contributed by atoms with E-state index in [2.05, 4.69) is 5.32 Å². The number of hydrogen-bond donors (Lipinski definition) is 2. The van der Waals surface area contributed by atoms with Crippen LogP contribution >= 0.6 is 0 Å². The molecular weight excluding hydrogens is 271 g/mol. The first kappa shape index (κ1) is 14.2. The number of nitrogens with two attached hydrogens (primary N) is 1. The van der Waals surface area contributed by atoms with Crippen LogP contribution in [-0.2, 0) is 11.3 Å². The molecule has 2 aromatic rings. The van der Waals surface area contributed by atoms with Crippen LogP contribution in [0.2, 0.25) is 0 Å². The number of rotatable bonds is 4. The van der Waals surface area contributed by atoms with Crippen LogP contribution in [0.25, 0.3) is 10.9 Å². The van der Waals surface area contributed by atoms with Crippen molar-refractivity contribution < 1.29 is 18.0 Å². The van der Waals surface area contributed by atoms with E-state index in [4.69, 9.17) is 5.73 Å². The number of halogens is 3. The summed E-state index contributed by atoms with van der Waals surface area (Å²) in [6, 6.07) is 6.61. The van der Waals surface area contributed by atoms with Gasteiger partial charge in [0.15, 0.2) is 0 Å². The molecule has 1 aromatic carbocycles. The summed E-state index contributed by atoms with van der Waals surface area (Å²) < 4.78 is 39.0. The van der Waals surface area contributed by atoms with Crippen molar-refractivity contribution in [3.8, 4) is 0 Å². The minimum atomic E-state index is -4.28. The molecule has 1 aromatic heterocycles.